The minimum Gasteiger partial charge on any atom is -0.268 e. The van der Waals surface area contributed by atoms with Crippen LogP contribution in [-0.4, -0.2) is 11.8 Å². The molecule has 27 heavy (non-hydrogen) atoms. The van der Waals surface area contributed by atoms with Crippen LogP contribution in [0.1, 0.15) is 70.9 Å². The highest BCUT2D eigenvalue weighted by Crippen LogP contribution is 2.32. The third-order valence-electron chi connectivity index (χ3n) is 5.74. The Balaban J connectivity index is 1.67. The van der Waals surface area contributed by atoms with Gasteiger partial charge in [-0.05, 0) is 54.5 Å². The fourth-order valence-corrected chi connectivity index (χ4v) is 4.17. The number of aryl methyl sites for hydroxylation is 1. The summed E-state index contributed by atoms with van der Waals surface area (Å²) in [6.07, 6.45) is 11.7. The van der Waals surface area contributed by atoms with E-state index in [1.165, 1.54) is 37.0 Å². The maximum Gasteiger partial charge on any atom is 0.266 e. The number of hydrogen-bond acceptors (Lipinski definition) is 2. The van der Waals surface area contributed by atoms with E-state index in [0.717, 1.165) is 23.2 Å². The molecule has 2 aliphatic rings. The monoisotopic (exact) mass is 359 g/mol. The van der Waals surface area contributed by atoms with Crippen LogP contribution in [0, 0.1) is 5.92 Å². The highest BCUT2D eigenvalue weighted by molar-refractivity contribution is 6.34. The van der Waals surface area contributed by atoms with Crippen LogP contribution in [-0.2, 0) is 6.42 Å². The Morgan fingerprint density at radius 3 is 2.26 bits per heavy atom. The van der Waals surface area contributed by atoms with E-state index >= 15 is 0 Å². The van der Waals surface area contributed by atoms with Crippen molar-refractivity contribution in [2.75, 3.05) is 4.90 Å². The summed E-state index contributed by atoms with van der Waals surface area (Å²) in [5.41, 5.74) is 3.76. The van der Waals surface area contributed by atoms with Gasteiger partial charge in [0.1, 0.15) is 0 Å². The molecule has 2 aromatic carbocycles. The van der Waals surface area contributed by atoms with E-state index in [1.54, 1.807) is 24.3 Å². The number of anilines is 1. The summed E-state index contributed by atoms with van der Waals surface area (Å²) in [7, 11) is 0. The fourth-order valence-electron chi connectivity index (χ4n) is 4.17. The van der Waals surface area contributed by atoms with Gasteiger partial charge < -0.3 is 0 Å². The SMILES string of the molecule is CCc1ccc(C=CC2CCCCC2)cc1N1C(=O)c2ccccc2C1=O. The number of allylic oxidation sites excluding steroid dienone is 1. The van der Waals surface area contributed by atoms with Gasteiger partial charge >= 0.3 is 0 Å². The largest absolute Gasteiger partial charge is 0.268 e. The first kappa shape index (κ1) is 17.7. The van der Waals surface area contributed by atoms with Crippen LogP contribution in [0.4, 0.5) is 5.69 Å². The van der Waals surface area contributed by atoms with Crippen molar-refractivity contribution in [3.63, 3.8) is 0 Å². The molecule has 1 saturated carbocycles. The van der Waals surface area contributed by atoms with Crippen molar-refractivity contribution < 1.29 is 9.59 Å². The number of carbonyl (C=O) groups is 2. The van der Waals surface area contributed by atoms with Crippen LogP contribution < -0.4 is 4.90 Å². The van der Waals surface area contributed by atoms with Gasteiger partial charge in [-0.25, -0.2) is 4.90 Å². The van der Waals surface area contributed by atoms with Crippen molar-refractivity contribution in [2.45, 2.75) is 45.4 Å². The molecule has 0 N–H and O–H groups in total. The normalized spacial score (nSPS) is 17.7. The zero-order valence-corrected chi connectivity index (χ0v) is 15.8. The van der Waals surface area contributed by atoms with E-state index in [-0.39, 0.29) is 11.8 Å². The van der Waals surface area contributed by atoms with Crippen molar-refractivity contribution >= 4 is 23.6 Å². The van der Waals surface area contributed by atoms with E-state index < -0.39 is 0 Å². The Kier molecular flexibility index (Phi) is 4.93. The molecule has 1 heterocycles. The third-order valence-corrected chi connectivity index (χ3v) is 5.74. The molecule has 0 bridgehead atoms. The predicted octanol–water partition coefficient (Wildman–Crippen LogP) is 5.64. The molecule has 138 valence electrons. The minimum atomic E-state index is -0.223. The predicted molar refractivity (Wildman–Crippen MR) is 109 cm³/mol. The van der Waals surface area contributed by atoms with Gasteiger partial charge in [0, 0.05) is 0 Å². The average molecular weight is 359 g/mol. The molecule has 0 atom stereocenters. The number of carbonyl (C=O) groups excluding carboxylic acids is 2. The number of rotatable bonds is 4. The molecule has 1 aliphatic heterocycles. The van der Waals surface area contributed by atoms with Crippen LogP contribution in [0.5, 0.6) is 0 Å². The van der Waals surface area contributed by atoms with Crippen LogP contribution in [0.3, 0.4) is 0 Å². The first-order chi connectivity index (χ1) is 13.2. The van der Waals surface area contributed by atoms with Crippen molar-refractivity contribution in [3.05, 3.63) is 70.8 Å². The van der Waals surface area contributed by atoms with E-state index in [9.17, 15) is 9.59 Å². The Morgan fingerprint density at radius 2 is 1.63 bits per heavy atom. The van der Waals surface area contributed by atoms with Crippen LogP contribution >= 0.6 is 0 Å². The lowest BCUT2D eigenvalue weighted by Gasteiger charge is -2.19. The summed E-state index contributed by atoms with van der Waals surface area (Å²) < 4.78 is 0. The van der Waals surface area contributed by atoms with Gasteiger partial charge in [-0.2, -0.15) is 0 Å². The second-order valence-corrected chi connectivity index (χ2v) is 7.49. The molecule has 0 aromatic heterocycles. The van der Waals surface area contributed by atoms with Gasteiger partial charge in [-0.15, -0.1) is 0 Å². The topological polar surface area (TPSA) is 37.4 Å². The van der Waals surface area contributed by atoms with E-state index in [1.807, 2.05) is 12.1 Å². The number of benzene rings is 2. The van der Waals surface area contributed by atoms with E-state index in [4.69, 9.17) is 0 Å². The fraction of sp³-hybridized carbons (Fsp3) is 0.333. The molecule has 0 saturated heterocycles. The molecule has 0 unspecified atom stereocenters. The van der Waals surface area contributed by atoms with Gasteiger partial charge in [-0.1, -0.05) is 62.6 Å². The molecule has 2 aromatic rings. The summed E-state index contributed by atoms with van der Waals surface area (Å²) >= 11 is 0. The van der Waals surface area contributed by atoms with Crippen molar-refractivity contribution in [1.82, 2.24) is 0 Å². The molecule has 2 amide bonds. The molecule has 3 nitrogen and oxygen atoms in total. The zero-order valence-electron chi connectivity index (χ0n) is 15.8. The summed E-state index contributed by atoms with van der Waals surface area (Å²) in [6.45, 7) is 2.05. The van der Waals surface area contributed by atoms with Gasteiger partial charge in [0.15, 0.2) is 0 Å². The summed E-state index contributed by atoms with van der Waals surface area (Å²) in [5.74, 6) is 0.199. The molecular formula is C24H25NO2. The Hall–Kier alpha value is -2.68. The summed E-state index contributed by atoms with van der Waals surface area (Å²) in [6, 6.07) is 13.2. The molecule has 0 spiro atoms. The lowest BCUT2D eigenvalue weighted by Crippen LogP contribution is -2.30. The van der Waals surface area contributed by atoms with Crippen LogP contribution in [0.2, 0.25) is 0 Å². The smallest absolute Gasteiger partial charge is 0.266 e. The minimum absolute atomic E-state index is 0.223. The average Bonchev–Trinajstić information content (AvgIpc) is 2.97. The third kappa shape index (κ3) is 3.34. The summed E-state index contributed by atoms with van der Waals surface area (Å²) in [4.78, 5) is 27.1. The van der Waals surface area contributed by atoms with Gasteiger partial charge in [0.05, 0.1) is 16.8 Å². The highest BCUT2D eigenvalue weighted by Gasteiger charge is 2.37. The van der Waals surface area contributed by atoms with Crippen molar-refractivity contribution in [1.29, 1.82) is 0 Å². The number of imide groups is 1. The van der Waals surface area contributed by atoms with Crippen molar-refractivity contribution in [2.24, 2.45) is 5.92 Å². The van der Waals surface area contributed by atoms with Gasteiger partial charge in [0.25, 0.3) is 11.8 Å². The zero-order chi connectivity index (χ0) is 18.8. The molecule has 1 fully saturated rings. The quantitative estimate of drug-likeness (QED) is 0.662. The number of nitrogens with zero attached hydrogens (tertiary/aromatic N) is 1. The number of hydrogen-bond donors (Lipinski definition) is 0. The lowest BCUT2D eigenvalue weighted by atomic mass is 9.88. The maximum absolute atomic E-state index is 12.9. The van der Waals surface area contributed by atoms with E-state index in [0.29, 0.717) is 17.0 Å². The highest BCUT2D eigenvalue weighted by atomic mass is 16.2. The standard InChI is InChI=1S/C24H25NO2/c1-2-19-15-14-18(13-12-17-8-4-3-5-9-17)16-22(19)25-23(26)20-10-6-7-11-21(20)24(25)27/h6-7,10-17H,2-5,8-9H2,1H3. The lowest BCUT2D eigenvalue weighted by molar-refractivity contribution is 0.0926. The first-order valence-corrected chi connectivity index (χ1v) is 9.98. The Morgan fingerprint density at radius 1 is 0.963 bits per heavy atom. The number of fused-ring (bicyclic) bond motifs is 1. The van der Waals surface area contributed by atoms with Gasteiger partial charge in [0.2, 0.25) is 0 Å². The van der Waals surface area contributed by atoms with Gasteiger partial charge in [-0.3, -0.25) is 9.59 Å². The van der Waals surface area contributed by atoms with Crippen LogP contribution in [0.25, 0.3) is 6.08 Å². The molecule has 3 heteroatoms. The molecular weight excluding hydrogens is 334 g/mol. The molecule has 0 radical (unpaired) electrons. The van der Waals surface area contributed by atoms with E-state index in [2.05, 4.69) is 25.1 Å². The second kappa shape index (κ2) is 7.51. The van der Waals surface area contributed by atoms with Crippen LogP contribution in [0.15, 0.2) is 48.5 Å². The molecule has 4 rings (SSSR count). The summed E-state index contributed by atoms with van der Waals surface area (Å²) in [5, 5.41) is 0. The second-order valence-electron chi connectivity index (χ2n) is 7.49. The maximum atomic E-state index is 12.9. The molecule has 1 aliphatic carbocycles. The number of amides is 2. The first-order valence-electron chi connectivity index (χ1n) is 9.98. The Bertz CT molecular complexity index is 871. The Labute approximate surface area is 160 Å². The van der Waals surface area contributed by atoms with Crippen molar-refractivity contribution in [3.8, 4) is 0 Å².